The molecule has 3 aromatic rings. The van der Waals surface area contributed by atoms with Gasteiger partial charge in [-0.2, -0.15) is 0 Å². The lowest BCUT2D eigenvalue weighted by atomic mass is 10.1. The first-order chi connectivity index (χ1) is 16.3. The SMILES string of the molecule is C=C(CCCNC(C)=O)c1nccnc1/C=C/Cc1ncc(C(=O)Nc2c(C)cccc2Cl)s1. The number of carbonyl (C=O) groups excluding carboxylic acids is 2. The lowest BCUT2D eigenvalue weighted by molar-refractivity contribution is -0.118. The van der Waals surface area contributed by atoms with E-state index < -0.39 is 0 Å². The zero-order valence-electron chi connectivity index (χ0n) is 19.1. The number of nitrogens with zero attached hydrogens (tertiary/aromatic N) is 3. The molecule has 2 N–H and O–H groups in total. The first-order valence-corrected chi connectivity index (χ1v) is 12.0. The van der Waals surface area contributed by atoms with Crippen LogP contribution in [0.3, 0.4) is 0 Å². The summed E-state index contributed by atoms with van der Waals surface area (Å²) in [6.07, 6.45) is 10.7. The molecule has 0 aliphatic heterocycles. The zero-order chi connectivity index (χ0) is 24.5. The van der Waals surface area contributed by atoms with Crippen LogP contribution >= 0.6 is 22.9 Å². The van der Waals surface area contributed by atoms with Crippen LogP contribution in [0.15, 0.2) is 49.4 Å². The van der Waals surface area contributed by atoms with Crippen LogP contribution < -0.4 is 10.6 Å². The van der Waals surface area contributed by atoms with Gasteiger partial charge in [0.05, 0.1) is 33.3 Å². The van der Waals surface area contributed by atoms with E-state index in [0.29, 0.717) is 35.0 Å². The lowest BCUT2D eigenvalue weighted by Crippen LogP contribution is -2.20. The van der Waals surface area contributed by atoms with E-state index in [4.69, 9.17) is 11.6 Å². The Labute approximate surface area is 208 Å². The molecule has 0 aliphatic carbocycles. The molecule has 0 fully saturated rings. The minimum atomic E-state index is -0.240. The van der Waals surface area contributed by atoms with E-state index in [1.165, 1.54) is 18.3 Å². The summed E-state index contributed by atoms with van der Waals surface area (Å²) in [5, 5.41) is 6.95. The van der Waals surface area contributed by atoms with Gasteiger partial charge in [0.15, 0.2) is 0 Å². The van der Waals surface area contributed by atoms with Crippen LogP contribution in [0.5, 0.6) is 0 Å². The molecule has 0 bridgehead atoms. The molecule has 2 aromatic heterocycles. The molecule has 0 saturated heterocycles. The number of para-hydroxylation sites is 1. The summed E-state index contributed by atoms with van der Waals surface area (Å²) >= 11 is 7.53. The molecule has 7 nitrogen and oxygen atoms in total. The Balaban J connectivity index is 1.60. The Morgan fingerprint density at radius 1 is 1.21 bits per heavy atom. The van der Waals surface area contributed by atoms with Gasteiger partial charge in [0.2, 0.25) is 5.91 Å². The topological polar surface area (TPSA) is 96.9 Å². The van der Waals surface area contributed by atoms with Crippen molar-refractivity contribution in [1.82, 2.24) is 20.3 Å². The fourth-order valence-electron chi connectivity index (χ4n) is 3.17. The van der Waals surface area contributed by atoms with Gasteiger partial charge in [-0.05, 0) is 43.0 Å². The average molecular weight is 496 g/mol. The molecule has 34 heavy (non-hydrogen) atoms. The minimum Gasteiger partial charge on any atom is -0.356 e. The standard InChI is InChI=1S/C25H26ClN5O2S/c1-16-7-4-9-19(26)23(16)31-25(33)21-15-30-22(34-21)11-5-10-20-24(29-14-13-28-20)17(2)8-6-12-27-18(3)32/h4-5,7,9-10,13-15H,2,6,8,11-12H2,1,3H3,(H,27,32)(H,31,33)/b10-5+. The number of anilines is 1. The third kappa shape index (κ3) is 7.07. The highest BCUT2D eigenvalue weighted by Gasteiger charge is 2.13. The third-order valence-corrected chi connectivity index (χ3v) is 6.23. The van der Waals surface area contributed by atoms with Crippen molar-refractivity contribution in [3.8, 4) is 0 Å². The van der Waals surface area contributed by atoms with Crippen LogP contribution in [0.1, 0.15) is 51.4 Å². The molecular weight excluding hydrogens is 470 g/mol. The number of amides is 2. The highest BCUT2D eigenvalue weighted by Crippen LogP contribution is 2.26. The number of benzene rings is 1. The number of hydrogen-bond acceptors (Lipinski definition) is 6. The van der Waals surface area contributed by atoms with Crippen molar-refractivity contribution in [2.24, 2.45) is 0 Å². The monoisotopic (exact) mass is 495 g/mol. The van der Waals surface area contributed by atoms with Crippen LogP contribution in [0.2, 0.25) is 5.02 Å². The van der Waals surface area contributed by atoms with Crippen LogP contribution in [0, 0.1) is 6.92 Å². The minimum absolute atomic E-state index is 0.0458. The third-order valence-electron chi connectivity index (χ3n) is 4.90. The van der Waals surface area contributed by atoms with Gasteiger partial charge in [-0.25, -0.2) is 4.98 Å². The van der Waals surface area contributed by atoms with E-state index in [-0.39, 0.29) is 11.8 Å². The molecule has 0 unspecified atom stereocenters. The largest absolute Gasteiger partial charge is 0.356 e. The highest BCUT2D eigenvalue weighted by atomic mass is 35.5. The lowest BCUT2D eigenvalue weighted by Gasteiger charge is -2.08. The second-order valence-corrected chi connectivity index (χ2v) is 9.11. The van der Waals surface area contributed by atoms with Crippen molar-refractivity contribution in [2.75, 3.05) is 11.9 Å². The number of carbonyl (C=O) groups is 2. The average Bonchev–Trinajstić information content (AvgIpc) is 3.28. The van der Waals surface area contributed by atoms with E-state index in [0.717, 1.165) is 34.0 Å². The van der Waals surface area contributed by atoms with E-state index in [2.05, 4.69) is 32.2 Å². The molecule has 3 rings (SSSR count). The summed E-state index contributed by atoms with van der Waals surface area (Å²) in [4.78, 5) is 37.3. The zero-order valence-corrected chi connectivity index (χ0v) is 20.7. The van der Waals surface area contributed by atoms with E-state index in [1.807, 2.05) is 31.2 Å². The smallest absolute Gasteiger partial charge is 0.267 e. The van der Waals surface area contributed by atoms with Gasteiger partial charge in [0.1, 0.15) is 4.88 Å². The number of halogens is 1. The second kappa shape index (κ2) is 12.2. The maximum Gasteiger partial charge on any atom is 0.267 e. The van der Waals surface area contributed by atoms with Crippen molar-refractivity contribution in [1.29, 1.82) is 0 Å². The van der Waals surface area contributed by atoms with Gasteiger partial charge in [-0.1, -0.05) is 36.4 Å². The number of aryl methyl sites for hydroxylation is 1. The number of nitrogens with one attached hydrogen (secondary N) is 2. The molecule has 0 atom stereocenters. The predicted molar refractivity (Wildman–Crippen MR) is 138 cm³/mol. The van der Waals surface area contributed by atoms with Gasteiger partial charge in [0.25, 0.3) is 5.91 Å². The molecule has 2 amide bonds. The highest BCUT2D eigenvalue weighted by molar-refractivity contribution is 7.13. The number of rotatable bonds is 10. The fraction of sp³-hybridized carbons (Fsp3) is 0.240. The Bertz CT molecular complexity index is 1200. The summed E-state index contributed by atoms with van der Waals surface area (Å²) in [6, 6.07) is 5.47. The normalized spacial score (nSPS) is 10.9. The molecule has 0 spiro atoms. The number of aromatic nitrogens is 3. The molecule has 0 radical (unpaired) electrons. The summed E-state index contributed by atoms with van der Waals surface area (Å²) < 4.78 is 0. The number of hydrogen-bond donors (Lipinski definition) is 2. The molecule has 9 heteroatoms. The fourth-order valence-corrected chi connectivity index (χ4v) is 4.23. The van der Waals surface area contributed by atoms with Crippen LogP contribution in [-0.4, -0.2) is 33.3 Å². The molecule has 0 saturated carbocycles. The first-order valence-electron chi connectivity index (χ1n) is 10.8. The van der Waals surface area contributed by atoms with Crippen molar-refractivity contribution in [3.05, 3.63) is 81.3 Å². The Hall–Kier alpha value is -3.36. The Morgan fingerprint density at radius 3 is 2.76 bits per heavy atom. The van der Waals surface area contributed by atoms with Gasteiger partial charge >= 0.3 is 0 Å². The van der Waals surface area contributed by atoms with E-state index in [1.54, 1.807) is 24.7 Å². The summed E-state index contributed by atoms with van der Waals surface area (Å²) in [7, 11) is 0. The maximum atomic E-state index is 12.6. The summed E-state index contributed by atoms with van der Waals surface area (Å²) in [5.74, 6) is -0.286. The van der Waals surface area contributed by atoms with Crippen molar-refractivity contribution < 1.29 is 9.59 Å². The van der Waals surface area contributed by atoms with Crippen LogP contribution in [0.4, 0.5) is 5.69 Å². The Kier molecular flexibility index (Phi) is 9.07. The molecule has 1 aromatic carbocycles. The van der Waals surface area contributed by atoms with E-state index in [9.17, 15) is 9.59 Å². The van der Waals surface area contributed by atoms with Crippen LogP contribution in [0.25, 0.3) is 11.6 Å². The predicted octanol–water partition coefficient (Wildman–Crippen LogP) is 5.33. The summed E-state index contributed by atoms with van der Waals surface area (Å²) in [6.45, 7) is 8.11. The van der Waals surface area contributed by atoms with Gasteiger partial charge in [-0.3, -0.25) is 19.6 Å². The quantitative estimate of drug-likeness (QED) is 0.370. The number of thiazole rings is 1. The number of allylic oxidation sites excluding steroid dienone is 2. The molecule has 2 heterocycles. The molecule has 176 valence electrons. The van der Waals surface area contributed by atoms with E-state index >= 15 is 0 Å². The molecule has 0 aliphatic rings. The van der Waals surface area contributed by atoms with Crippen LogP contribution in [-0.2, 0) is 11.2 Å². The van der Waals surface area contributed by atoms with Gasteiger partial charge in [-0.15, -0.1) is 11.3 Å². The van der Waals surface area contributed by atoms with Crippen molar-refractivity contribution in [2.45, 2.75) is 33.1 Å². The maximum absolute atomic E-state index is 12.6. The van der Waals surface area contributed by atoms with Gasteiger partial charge < -0.3 is 10.6 Å². The van der Waals surface area contributed by atoms with Gasteiger partial charge in [0, 0.05) is 32.3 Å². The summed E-state index contributed by atoms with van der Waals surface area (Å²) in [5.41, 5.74) is 3.81. The second-order valence-electron chi connectivity index (χ2n) is 7.59. The Morgan fingerprint density at radius 2 is 2.00 bits per heavy atom. The first kappa shape index (κ1) is 25.3. The molecular formula is C25H26ClN5O2S. The van der Waals surface area contributed by atoms with Crippen molar-refractivity contribution >= 4 is 52.1 Å². The van der Waals surface area contributed by atoms with Crippen molar-refractivity contribution in [3.63, 3.8) is 0 Å².